The minimum Gasteiger partial charge on any atom is -0.387 e. The molecule has 0 bridgehead atoms. The van der Waals surface area contributed by atoms with E-state index in [0.29, 0.717) is 0 Å². The van der Waals surface area contributed by atoms with Crippen molar-refractivity contribution in [3.05, 3.63) is 24.0 Å². The van der Waals surface area contributed by atoms with Gasteiger partial charge in [-0.05, 0) is 11.6 Å². The first-order valence-electron chi connectivity index (χ1n) is 3.02. The van der Waals surface area contributed by atoms with E-state index in [9.17, 15) is 0 Å². The molecule has 1 aromatic rings. The molecule has 0 saturated heterocycles. The zero-order chi connectivity index (χ0) is 7.40. The monoisotopic (exact) mass is 136 g/mol. The van der Waals surface area contributed by atoms with E-state index in [1.54, 1.807) is 18.5 Å². The molecule has 3 nitrogen and oxygen atoms in total. The lowest BCUT2D eigenvalue weighted by Crippen LogP contribution is -1.92. The Kier molecular flexibility index (Phi) is 2.08. The van der Waals surface area contributed by atoms with E-state index in [1.807, 2.05) is 6.07 Å². The van der Waals surface area contributed by atoms with Crippen LogP contribution in [0.5, 0.6) is 0 Å². The number of aromatic amines is 1. The Morgan fingerprint density at radius 1 is 1.80 bits per heavy atom. The molecule has 10 heavy (non-hydrogen) atoms. The summed E-state index contributed by atoms with van der Waals surface area (Å²) in [4.78, 5) is 2.80. The molecule has 1 atom stereocenters. The molecule has 1 aromatic heterocycles. The maximum atomic E-state index is 9.17. The zero-order valence-electron chi connectivity index (χ0n) is 5.41. The molecule has 0 radical (unpaired) electrons. The van der Waals surface area contributed by atoms with Gasteiger partial charge in [0.15, 0.2) is 0 Å². The van der Waals surface area contributed by atoms with Crippen molar-refractivity contribution < 1.29 is 5.11 Å². The third kappa shape index (κ3) is 1.36. The van der Waals surface area contributed by atoms with Gasteiger partial charge in [0.05, 0.1) is 18.6 Å². The largest absolute Gasteiger partial charge is 0.387 e. The SMILES string of the molecule is N#CCC(O)c1cc[nH]c1. The summed E-state index contributed by atoms with van der Waals surface area (Å²) in [6, 6.07) is 3.64. The lowest BCUT2D eigenvalue weighted by atomic mass is 10.1. The van der Waals surface area contributed by atoms with Crippen molar-refractivity contribution in [2.45, 2.75) is 12.5 Å². The fourth-order valence-corrected chi connectivity index (χ4v) is 0.748. The van der Waals surface area contributed by atoms with Gasteiger partial charge in [-0.15, -0.1) is 0 Å². The van der Waals surface area contributed by atoms with Crippen LogP contribution in [-0.4, -0.2) is 10.1 Å². The Bertz CT molecular complexity index is 222. The molecule has 1 heterocycles. The highest BCUT2D eigenvalue weighted by molar-refractivity contribution is 5.12. The quantitative estimate of drug-likeness (QED) is 0.636. The van der Waals surface area contributed by atoms with E-state index >= 15 is 0 Å². The first-order chi connectivity index (χ1) is 4.84. The van der Waals surface area contributed by atoms with Crippen LogP contribution < -0.4 is 0 Å². The highest BCUT2D eigenvalue weighted by Gasteiger charge is 2.05. The Balaban J connectivity index is 2.61. The lowest BCUT2D eigenvalue weighted by Gasteiger charge is -2.00. The molecule has 0 spiro atoms. The molecule has 0 aliphatic heterocycles. The molecule has 52 valence electrons. The zero-order valence-corrected chi connectivity index (χ0v) is 5.41. The minimum absolute atomic E-state index is 0.151. The summed E-state index contributed by atoms with van der Waals surface area (Å²) in [5.41, 5.74) is 0.765. The van der Waals surface area contributed by atoms with Gasteiger partial charge in [0.25, 0.3) is 0 Å². The summed E-state index contributed by atoms with van der Waals surface area (Å²) >= 11 is 0. The Morgan fingerprint density at radius 3 is 3.10 bits per heavy atom. The molecular formula is C7H8N2O. The van der Waals surface area contributed by atoms with Crippen LogP contribution >= 0.6 is 0 Å². The van der Waals surface area contributed by atoms with Crippen molar-refractivity contribution in [3.8, 4) is 6.07 Å². The minimum atomic E-state index is -0.642. The maximum Gasteiger partial charge on any atom is 0.0934 e. The van der Waals surface area contributed by atoms with Gasteiger partial charge in [-0.3, -0.25) is 0 Å². The van der Waals surface area contributed by atoms with Crippen molar-refractivity contribution in [3.63, 3.8) is 0 Å². The van der Waals surface area contributed by atoms with Gasteiger partial charge in [0.1, 0.15) is 0 Å². The van der Waals surface area contributed by atoms with Crippen LogP contribution in [0.2, 0.25) is 0 Å². The van der Waals surface area contributed by atoms with Crippen LogP contribution in [0, 0.1) is 11.3 Å². The van der Waals surface area contributed by atoms with Gasteiger partial charge in [-0.25, -0.2) is 0 Å². The van der Waals surface area contributed by atoms with Gasteiger partial charge >= 0.3 is 0 Å². The number of nitriles is 1. The second kappa shape index (κ2) is 3.04. The van der Waals surface area contributed by atoms with E-state index in [0.717, 1.165) is 5.56 Å². The van der Waals surface area contributed by atoms with E-state index < -0.39 is 6.10 Å². The lowest BCUT2D eigenvalue weighted by molar-refractivity contribution is 0.183. The van der Waals surface area contributed by atoms with Crippen LogP contribution in [0.15, 0.2) is 18.5 Å². The molecule has 3 heteroatoms. The van der Waals surface area contributed by atoms with Gasteiger partial charge in [0, 0.05) is 12.4 Å². The topological polar surface area (TPSA) is 59.8 Å². The molecule has 0 fully saturated rings. The molecule has 0 aromatic carbocycles. The number of aromatic nitrogens is 1. The highest BCUT2D eigenvalue weighted by Crippen LogP contribution is 2.13. The third-order valence-electron chi connectivity index (χ3n) is 1.29. The van der Waals surface area contributed by atoms with E-state index in [-0.39, 0.29) is 6.42 Å². The number of hydrogen-bond acceptors (Lipinski definition) is 2. The van der Waals surface area contributed by atoms with Crippen LogP contribution in [0.3, 0.4) is 0 Å². The third-order valence-corrected chi connectivity index (χ3v) is 1.29. The van der Waals surface area contributed by atoms with Crippen LogP contribution in [0.4, 0.5) is 0 Å². The average Bonchev–Trinajstić information content (AvgIpc) is 2.38. The second-order valence-electron chi connectivity index (χ2n) is 2.02. The Hall–Kier alpha value is -1.27. The van der Waals surface area contributed by atoms with Crippen LogP contribution in [0.25, 0.3) is 0 Å². The van der Waals surface area contributed by atoms with Crippen molar-refractivity contribution in [2.75, 3.05) is 0 Å². The fourth-order valence-electron chi connectivity index (χ4n) is 0.748. The first-order valence-corrected chi connectivity index (χ1v) is 3.02. The number of aliphatic hydroxyl groups is 1. The normalized spacial score (nSPS) is 12.4. The molecule has 1 unspecified atom stereocenters. The standard InChI is InChI=1S/C7H8N2O/c8-3-1-7(10)6-2-4-9-5-6/h2,4-5,7,9-10H,1H2. The summed E-state index contributed by atoms with van der Waals surface area (Å²) in [5, 5.41) is 17.4. The Morgan fingerprint density at radius 2 is 2.60 bits per heavy atom. The van der Waals surface area contributed by atoms with Gasteiger partial charge in [-0.2, -0.15) is 5.26 Å². The summed E-state index contributed by atoms with van der Waals surface area (Å²) in [5.74, 6) is 0. The van der Waals surface area contributed by atoms with E-state index in [4.69, 9.17) is 10.4 Å². The molecule has 0 aliphatic rings. The van der Waals surface area contributed by atoms with Crippen molar-refractivity contribution >= 4 is 0 Å². The number of hydrogen-bond donors (Lipinski definition) is 2. The Labute approximate surface area is 58.9 Å². The summed E-state index contributed by atoms with van der Waals surface area (Å²) in [7, 11) is 0. The second-order valence-corrected chi connectivity index (χ2v) is 2.02. The fraction of sp³-hybridized carbons (Fsp3) is 0.286. The molecule has 1 rings (SSSR count). The molecule has 0 amide bonds. The number of rotatable bonds is 2. The van der Waals surface area contributed by atoms with Crippen molar-refractivity contribution in [1.29, 1.82) is 5.26 Å². The first kappa shape index (κ1) is 6.84. The predicted octanol–water partition coefficient (Wildman–Crippen LogP) is 0.962. The number of nitrogens with zero attached hydrogens (tertiary/aromatic N) is 1. The van der Waals surface area contributed by atoms with Gasteiger partial charge in [0.2, 0.25) is 0 Å². The summed E-state index contributed by atoms with van der Waals surface area (Å²) in [6.45, 7) is 0. The van der Waals surface area contributed by atoms with Crippen molar-refractivity contribution in [1.82, 2.24) is 4.98 Å². The molecule has 2 N–H and O–H groups in total. The molecule has 0 aliphatic carbocycles. The average molecular weight is 136 g/mol. The maximum absolute atomic E-state index is 9.17. The van der Waals surface area contributed by atoms with E-state index in [1.165, 1.54) is 0 Å². The molecule has 0 saturated carbocycles. The predicted molar refractivity (Wildman–Crippen MR) is 36.0 cm³/mol. The van der Waals surface area contributed by atoms with Gasteiger partial charge < -0.3 is 10.1 Å². The summed E-state index contributed by atoms with van der Waals surface area (Å²) in [6.07, 6.45) is 2.91. The van der Waals surface area contributed by atoms with Crippen LogP contribution in [0.1, 0.15) is 18.1 Å². The number of aliphatic hydroxyl groups excluding tert-OH is 1. The van der Waals surface area contributed by atoms with Crippen molar-refractivity contribution in [2.24, 2.45) is 0 Å². The number of H-pyrrole nitrogens is 1. The van der Waals surface area contributed by atoms with Gasteiger partial charge in [-0.1, -0.05) is 0 Å². The smallest absolute Gasteiger partial charge is 0.0934 e. The summed E-state index contributed by atoms with van der Waals surface area (Å²) < 4.78 is 0. The number of nitrogens with one attached hydrogen (secondary N) is 1. The highest BCUT2D eigenvalue weighted by atomic mass is 16.3. The van der Waals surface area contributed by atoms with Crippen LogP contribution in [-0.2, 0) is 0 Å². The molecular weight excluding hydrogens is 128 g/mol. The van der Waals surface area contributed by atoms with E-state index in [2.05, 4.69) is 4.98 Å².